The predicted octanol–water partition coefficient (Wildman–Crippen LogP) is 2.34. The number of hydrogen-bond donors (Lipinski definition) is 2. The molecule has 4 N–H and O–H groups in total. The molecule has 0 spiro atoms. The van der Waals surface area contributed by atoms with Crippen molar-refractivity contribution in [2.45, 2.75) is 24.9 Å². The van der Waals surface area contributed by atoms with Crippen LogP contribution < -0.4 is 20.9 Å². The molecule has 0 aliphatic carbocycles. The van der Waals surface area contributed by atoms with Crippen LogP contribution in [0.4, 0.5) is 5.69 Å². The summed E-state index contributed by atoms with van der Waals surface area (Å²) in [6.45, 7) is 1.87. The quantitative estimate of drug-likeness (QED) is 0.818. The molecule has 0 fully saturated rings. The summed E-state index contributed by atoms with van der Waals surface area (Å²) in [4.78, 5) is 12.0. The van der Waals surface area contributed by atoms with Crippen molar-refractivity contribution in [3.8, 4) is 11.5 Å². The fourth-order valence-corrected chi connectivity index (χ4v) is 3.12. The fourth-order valence-electron chi connectivity index (χ4n) is 3.12. The van der Waals surface area contributed by atoms with E-state index in [4.69, 9.17) is 20.9 Å². The van der Waals surface area contributed by atoms with Gasteiger partial charge in [-0.05, 0) is 47.9 Å². The lowest BCUT2D eigenvalue weighted by Gasteiger charge is -2.19. The third-order valence-corrected chi connectivity index (χ3v) is 4.64. The van der Waals surface area contributed by atoms with Gasteiger partial charge in [0.1, 0.15) is 6.04 Å². The highest BCUT2D eigenvalue weighted by molar-refractivity contribution is 5.85. The molecule has 1 amide bonds. The van der Waals surface area contributed by atoms with E-state index in [1.165, 1.54) is 0 Å². The summed E-state index contributed by atoms with van der Waals surface area (Å²) in [7, 11) is 0. The van der Waals surface area contributed by atoms with Crippen LogP contribution in [0, 0.1) is 0 Å². The van der Waals surface area contributed by atoms with Crippen LogP contribution in [0.1, 0.15) is 29.7 Å². The van der Waals surface area contributed by atoms with Crippen LogP contribution in [0.5, 0.6) is 11.5 Å². The Kier molecular flexibility index (Phi) is 3.38. The zero-order valence-electron chi connectivity index (χ0n) is 13.7. The molecular formula is C18H18N4O3. The number of nitrogen functional groups attached to an aromatic ring is 1. The van der Waals surface area contributed by atoms with Crippen molar-refractivity contribution in [2.24, 2.45) is 16.0 Å². The van der Waals surface area contributed by atoms with E-state index in [9.17, 15) is 4.79 Å². The Balaban J connectivity index is 1.89. The van der Waals surface area contributed by atoms with Crippen molar-refractivity contribution in [2.75, 3.05) is 12.5 Å². The summed E-state index contributed by atoms with van der Waals surface area (Å²) in [5.74, 6) is 0.804. The van der Waals surface area contributed by atoms with Crippen molar-refractivity contribution in [3.63, 3.8) is 0 Å². The van der Waals surface area contributed by atoms with Gasteiger partial charge in [0.2, 0.25) is 12.7 Å². The molecule has 0 saturated carbocycles. The Bertz CT molecular complexity index is 879. The summed E-state index contributed by atoms with van der Waals surface area (Å²) >= 11 is 0. The molecule has 7 heteroatoms. The fraction of sp³-hybridized carbons (Fsp3) is 0.278. The monoisotopic (exact) mass is 338 g/mol. The molecule has 0 saturated heterocycles. The van der Waals surface area contributed by atoms with Crippen LogP contribution in [0.3, 0.4) is 0 Å². The Morgan fingerprint density at radius 3 is 2.56 bits per heavy atom. The van der Waals surface area contributed by atoms with E-state index in [1.54, 1.807) is 6.92 Å². The first-order chi connectivity index (χ1) is 12.0. The summed E-state index contributed by atoms with van der Waals surface area (Å²) in [6.07, 6.45) is 0.350. The highest BCUT2D eigenvalue weighted by atomic mass is 16.7. The Labute approximate surface area is 144 Å². The molecule has 2 aromatic carbocycles. The molecule has 4 rings (SSSR count). The van der Waals surface area contributed by atoms with Gasteiger partial charge in [-0.2, -0.15) is 10.2 Å². The molecular weight excluding hydrogens is 320 g/mol. The number of carbonyl (C=O) groups excluding carboxylic acids is 1. The number of anilines is 1. The molecule has 0 aromatic heterocycles. The van der Waals surface area contributed by atoms with Gasteiger partial charge in [0, 0.05) is 12.1 Å². The van der Waals surface area contributed by atoms with Crippen molar-refractivity contribution in [1.29, 1.82) is 0 Å². The van der Waals surface area contributed by atoms with E-state index in [2.05, 4.69) is 10.2 Å². The number of ether oxygens (including phenoxy) is 2. The second kappa shape index (κ2) is 5.47. The number of hydrogen-bond acceptors (Lipinski definition) is 6. The molecule has 2 heterocycles. The van der Waals surface area contributed by atoms with Crippen molar-refractivity contribution in [3.05, 3.63) is 53.1 Å². The van der Waals surface area contributed by atoms with E-state index in [-0.39, 0.29) is 12.8 Å². The van der Waals surface area contributed by atoms with Crippen LogP contribution in [0.25, 0.3) is 0 Å². The molecule has 0 radical (unpaired) electrons. The number of fused-ring (bicyclic) bond motifs is 2. The van der Waals surface area contributed by atoms with Gasteiger partial charge in [0.25, 0.3) is 0 Å². The highest BCUT2D eigenvalue weighted by Crippen LogP contribution is 2.43. The summed E-state index contributed by atoms with van der Waals surface area (Å²) in [5, 5.41) is 8.74. The van der Waals surface area contributed by atoms with E-state index in [0.29, 0.717) is 23.6 Å². The summed E-state index contributed by atoms with van der Waals surface area (Å²) < 4.78 is 11.0. The maximum Gasteiger partial charge on any atom is 0.247 e. The molecule has 25 heavy (non-hydrogen) atoms. The number of amides is 1. The molecule has 7 nitrogen and oxygen atoms in total. The number of rotatable bonds is 2. The van der Waals surface area contributed by atoms with E-state index in [0.717, 1.165) is 16.7 Å². The van der Waals surface area contributed by atoms with Gasteiger partial charge >= 0.3 is 0 Å². The lowest BCUT2D eigenvalue weighted by molar-refractivity contribution is -0.122. The lowest BCUT2D eigenvalue weighted by Crippen LogP contribution is -2.40. The Morgan fingerprint density at radius 2 is 1.88 bits per heavy atom. The number of nitrogens with zero attached hydrogens (tertiary/aromatic N) is 2. The molecule has 2 aliphatic rings. The van der Waals surface area contributed by atoms with Gasteiger partial charge in [0.05, 0.1) is 0 Å². The van der Waals surface area contributed by atoms with Gasteiger partial charge < -0.3 is 20.9 Å². The zero-order chi connectivity index (χ0) is 17.6. The Morgan fingerprint density at radius 1 is 1.20 bits per heavy atom. The largest absolute Gasteiger partial charge is 0.454 e. The van der Waals surface area contributed by atoms with Crippen LogP contribution >= 0.6 is 0 Å². The highest BCUT2D eigenvalue weighted by Gasteiger charge is 2.37. The van der Waals surface area contributed by atoms with Gasteiger partial charge in [-0.1, -0.05) is 12.1 Å². The number of carbonyl (C=O) groups is 1. The van der Waals surface area contributed by atoms with Gasteiger partial charge in [0.15, 0.2) is 17.0 Å². The SMILES string of the molecule is CC1(C(N)=O)Cc2cc3c(cc2C(c2ccc(N)cc2)N=N1)OCO3. The second-order valence-corrected chi connectivity index (χ2v) is 6.50. The topological polar surface area (TPSA) is 112 Å². The van der Waals surface area contributed by atoms with Crippen LogP contribution in [-0.4, -0.2) is 18.2 Å². The maximum atomic E-state index is 12.0. The third kappa shape index (κ3) is 2.57. The first kappa shape index (κ1) is 15.4. The van der Waals surface area contributed by atoms with Crippen LogP contribution in [-0.2, 0) is 11.2 Å². The number of azo groups is 1. The summed E-state index contributed by atoms with van der Waals surface area (Å²) in [6, 6.07) is 10.9. The average molecular weight is 338 g/mol. The molecule has 128 valence electrons. The van der Waals surface area contributed by atoms with Crippen LogP contribution in [0.2, 0.25) is 0 Å². The van der Waals surface area contributed by atoms with Gasteiger partial charge in [-0.3, -0.25) is 4.79 Å². The normalized spacial score (nSPS) is 23.8. The number of nitrogens with two attached hydrogens (primary N) is 2. The molecule has 2 aliphatic heterocycles. The first-order valence-corrected chi connectivity index (χ1v) is 7.96. The first-order valence-electron chi connectivity index (χ1n) is 7.96. The number of benzene rings is 2. The van der Waals surface area contributed by atoms with Gasteiger partial charge in [-0.15, -0.1) is 0 Å². The standard InChI is InChI=1S/C18H18N4O3/c1-18(17(20)23)8-11-6-14-15(25-9-24-14)7-13(11)16(21-22-18)10-2-4-12(19)5-3-10/h2-7,16H,8-9,19H2,1H3,(H2,20,23). The molecule has 2 atom stereocenters. The smallest absolute Gasteiger partial charge is 0.247 e. The molecule has 0 bridgehead atoms. The second-order valence-electron chi connectivity index (χ2n) is 6.50. The molecule has 2 unspecified atom stereocenters. The third-order valence-electron chi connectivity index (χ3n) is 4.64. The van der Waals surface area contributed by atoms with E-state index in [1.807, 2.05) is 36.4 Å². The minimum Gasteiger partial charge on any atom is -0.454 e. The minimum absolute atomic E-state index is 0.180. The molecule has 2 aromatic rings. The minimum atomic E-state index is -1.11. The maximum absolute atomic E-state index is 12.0. The van der Waals surface area contributed by atoms with Crippen LogP contribution in [0.15, 0.2) is 46.6 Å². The lowest BCUT2D eigenvalue weighted by atomic mass is 9.87. The van der Waals surface area contributed by atoms with E-state index >= 15 is 0 Å². The average Bonchev–Trinajstić information content (AvgIpc) is 2.97. The summed E-state index contributed by atoms with van der Waals surface area (Å²) in [5.41, 5.74) is 13.7. The van der Waals surface area contributed by atoms with Crippen molar-refractivity contribution in [1.82, 2.24) is 0 Å². The van der Waals surface area contributed by atoms with Gasteiger partial charge in [-0.25, -0.2) is 0 Å². The van der Waals surface area contributed by atoms with Crippen molar-refractivity contribution < 1.29 is 14.3 Å². The number of primary amides is 1. The van der Waals surface area contributed by atoms with Crippen molar-refractivity contribution >= 4 is 11.6 Å². The zero-order valence-corrected chi connectivity index (χ0v) is 13.7. The van der Waals surface area contributed by atoms with E-state index < -0.39 is 11.4 Å². The Hall–Kier alpha value is -3.09. The predicted molar refractivity (Wildman–Crippen MR) is 91.4 cm³/mol.